The van der Waals surface area contributed by atoms with Crippen molar-refractivity contribution in [3.8, 4) is 5.75 Å². The molecular weight excluding hydrogens is 502 g/mol. The lowest BCUT2D eigenvalue weighted by Crippen LogP contribution is -2.26. The number of nitrogens with one attached hydrogen (secondary N) is 3. The molecule has 35 heavy (non-hydrogen) atoms. The molecule has 0 radical (unpaired) electrons. The van der Waals surface area contributed by atoms with Crippen molar-refractivity contribution in [2.24, 2.45) is 0 Å². The topological polar surface area (TPSA) is 116 Å². The quantitative estimate of drug-likeness (QED) is 0.234. The van der Waals surface area contributed by atoms with Crippen molar-refractivity contribution >= 4 is 38.2 Å². The zero-order chi connectivity index (χ0) is 25.0. The van der Waals surface area contributed by atoms with Crippen LogP contribution in [0.25, 0.3) is 10.9 Å². The van der Waals surface area contributed by atoms with Crippen LogP contribution in [0, 0.1) is 11.6 Å². The molecular formula is C23H21ClF2N4O4S. The highest BCUT2D eigenvalue weighted by Crippen LogP contribution is 2.27. The van der Waals surface area contributed by atoms with Gasteiger partial charge in [-0.2, -0.15) is 5.10 Å². The number of nitrogens with zero attached hydrogens (tertiary/aromatic N) is 1. The maximum absolute atomic E-state index is 14.9. The van der Waals surface area contributed by atoms with Gasteiger partial charge >= 0.3 is 0 Å². The van der Waals surface area contributed by atoms with E-state index in [-0.39, 0.29) is 18.7 Å². The fraction of sp³-hybridized carbons (Fsp3) is 0.174. The van der Waals surface area contributed by atoms with Crippen LogP contribution in [0.4, 0.5) is 14.5 Å². The van der Waals surface area contributed by atoms with E-state index in [0.29, 0.717) is 17.4 Å². The van der Waals surface area contributed by atoms with Crippen LogP contribution in [0.2, 0.25) is 5.15 Å². The van der Waals surface area contributed by atoms with Gasteiger partial charge < -0.3 is 15.2 Å². The number of hydrogen-bond donors (Lipinski definition) is 4. The zero-order valence-electron chi connectivity index (χ0n) is 18.1. The Bertz CT molecular complexity index is 1450. The molecule has 184 valence electrons. The molecule has 12 heteroatoms. The van der Waals surface area contributed by atoms with Gasteiger partial charge in [-0.3, -0.25) is 9.82 Å². The molecule has 8 nitrogen and oxygen atoms in total. The smallest absolute Gasteiger partial charge is 0.264 e. The number of aliphatic hydroxyl groups is 1. The Kier molecular flexibility index (Phi) is 7.51. The Morgan fingerprint density at radius 2 is 1.91 bits per heavy atom. The van der Waals surface area contributed by atoms with E-state index in [1.54, 1.807) is 18.2 Å². The van der Waals surface area contributed by atoms with Crippen molar-refractivity contribution in [3.05, 3.63) is 83.0 Å². The number of sulfonamides is 1. The maximum atomic E-state index is 14.9. The standard InChI is InChI=1S/C23H21ClF2N4O4S/c24-23-15-9-8-14(12-19(15)28-29-23)34-11-10-27-13-20(31)16-4-3-6-18(22(16)26)30-35(32,33)21-7-2-1-5-17(21)25/h1-9,12,20,27,30-31H,10-11,13H2,(H,28,29). The Labute approximate surface area is 204 Å². The van der Waals surface area contributed by atoms with Gasteiger partial charge in [0.15, 0.2) is 11.0 Å². The molecule has 1 unspecified atom stereocenters. The molecule has 3 aromatic carbocycles. The number of anilines is 1. The second-order valence-corrected chi connectivity index (χ2v) is 9.54. The predicted molar refractivity (Wildman–Crippen MR) is 128 cm³/mol. The zero-order valence-corrected chi connectivity index (χ0v) is 19.7. The van der Waals surface area contributed by atoms with Crippen LogP contribution in [-0.4, -0.2) is 43.4 Å². The van der Waals surface area contributed by atoms with Crippen LogP contribution in [0.3, 0.4) is 0 Å². The van der Waals surface area contributed by atoms with Gasteiger partial charge in [0, 0.05) is 30.1 Å². The lowest BCUT2D eigenvalue weighted by Gasteiger charge is -2.16. The Morgan fingerprint density at radius 1 is 1.11 bits per heavy atom. The molecule has 1 aromatic heterocycles. The summed E-state index contributed by atoms with van der Waals surface area (Å²) in [5.41, 5.74) is 0.216. The molecule has 4 aromatic rings. The van der Waals surface area contributed by atoms with E-state index in [9.17, 15) is 22.3 Å². The molecule has 0 spiro atoms. The summed E-state index contributed by atoms with van der Waals surface area (Å²) < 4.78 is 61.5. The average Bonchev–Trinajstić information content (AvgIpc) is 3.20. The second kappa shape index (κ2) is 10.6. The third kappa shape index (κ3) is 5.70. The summed E-state index contributed by atoms with van der Waals surface area (Å²) in [5, 5.41) is 21.2. The van der Waals surface area contributed by atoms with Gasteiger partial charge in [-0.1, -0.05) is 35.9 Å². The molecule has 0 amide bonds. The average molecular weight is 523 g/mol. The van der Waals surface area contributed by atoms with Crippen molar-refractivity contribution in [2.45, 2.75) is 11.0 Å². The van der Waals surface area contributed by atoms with Crippen molar-refractivity contribution in [2.75, 3.05) is 24.4 Å². The Balaban J connectivity index is 1.32. The molecule has 0 bridgehead atoms. The number of hydrogen-bond acceptors (Lipinski definition) is 6. The number of fused-ring (bicyclic) bond motifs is 1. The lowest BCUT2D eigenvalue weighted by molar-refractivity contribution is 0.167. The first-order valence-electron chi connectivity index (χ1n) is 10.5. The van der Waals surface area contributed by atoms with E-state index in [0.717, 1.165) is 23.0 Å². The summed E-state index contributed by atoms with van der Waals surface area (Å²) in [6.07, 6.45) is -1.27. The number of benzene rings is 3. The summed E-state index contributed by atoms with van der Waals surface area (Å²) in [6, 6.07) is 14.0. The molecule has 4 rings (SSSR count). The van der Waals surface area contributed by atoms with Crippen molar-refractivity contribution in [1.29, 1.82) is 0 Å². The van der Waals surface area contributed by atoms with Crippen LogP contribution in [-0.2, 0) is 10.0 Å². The van der Waals surface area contributed by atoms with Crippen molar-refractivity contribution in [1.82, 2.24) is 15.5 Å². The molecule has 0 aliphatic rings. The van der Waals surface area contributed by atoms with E-state index in [4.69, 9.17) is 16.3 Å². The monoisotopic (exact) mass is 522 g/mol. The van der Waals surface area contributed by atoms with E-state index in [1.165, 1.54) is 30.3 Å². The third-order valence-corrected chi connectivity index (χ3v) is 6.82. The molecule has 0 fully saturated rings. The fourth-order valence-corrected chi connectivity index (χ4v) is 4.74. The molecule has 4 N–H and O–H groups in total. The number of halogens is 3. The molecule has 1 heterocycles. The molecule has 0 saturated carbocycles. The van der Waals surface area contributed by atoms with Gasteiger partial charge in [-0.15, -0.1) is 0 Å². The van der Waals surface area contributed by atoms with Gasteiger partial charge in [-0.05, 0) is 30.3 Å². The van der Waals surface area contributed by atoms with Crippen LogP contribution in [0.5, 0.6) is 5.75 Å². The Morgan fingerprint density at radius 3 is 2.71 bits per heavy atom. The second-order valence-electron chi connectivity index (χ2n) is 7.53. The van der Waals surface area contributed by atoms with E-state index in [2.05, 4.69) is 15.5 Å². The molecule has 0 aliphatic carbocycles. The van der Waals surface area contributed by atoms with Gasteiger partial charge in [0.05, 0.1) is 17.3 Å². The van der Waals surface area contributed by atoms with E-state index in [1.807, 2.05) is 4.72 Å². The fourth-order valence-electron chi connectivity index (χ4n) is 3.39. The highest BCUT2D eigenvalue weighted by Gasteiger charge is 2.22. The number of aliphatic hydroxyl groups excluding tert-OH is 1. The van der Waals surface area contributed by atoms with Crippen molar-refractivity contribution in [3.63, 3.8) is 0 Å². The number of H-pyrrole nitrogens is 1. The third-order valence-electron chi connectivity index (χ3n) is 5.13. The van der Waals surface area contributed by atoms with Gasteiger partial charge in [0.25, 0.3) is 10.0 Å². The normalized spacial score (nSPS) is 12.6. The minimum absolute atomic E-state index is 0.0149. The van der Waals surface area contributed by atoms with Crippen LogP contribution < -0.4 is 14.8 Å². The largest absolute Gasteiger partial charge is 0.492 e. The Hall–Kier alpha value is -3.25. The van der Waals surface area contributed by atoms with E-state index < -0.39 is 38.3 Å². The van der Waals surface area contributed by atoms with Gasteiger partial charge in [-0.25, -0.2) is 17.2 Å². The molecule has 0 aliphatic heterocycles. The first-order valence-corrected chi connectivity index (χ1v) is 12.3. The lowest BCUT2D eigenvalue weighted by atomic mass is 10.1. The minimum atomic E-state index is -4.36. The molecule has 0 saturated heterocycles. The van der Waals surface area contributed by atoms with Gasteiger partial charge in [0.2, 0.25) is 0 Å². The first kappa shape index (κ1) is 24.9. The highest BCUT2D eigenvalue weighted by molar-refractivity contribution is 7.92. The van der Waals surface area contributed by atoms with E-state index >= 15 is 0 Å². The SMILES string of the molecule is O=S(=O)(Nc1cccc(C(O)CNCCOc2ccc3c(Cl)n[nH]c3c2)c1F)c1ccccc1F. The highest BCUT2D eigenvalue weighted by atomic mass is 35.5. The minimum Gasteiger partial charge on any atom is -0.492 e. The van der Waals surface area contributed by atoms with Crippen LogP contribution >= 0.6 is 11.6 Å². The summed E-state index contributed by atoms with van der Waals surface area (Å²) >= 11 is 5.95. The summed E-state index contributed by atoms with van der Waals surface area (Å²) in [4.78, 5) is -0.609. The van der Waals surface area contributed by atoms with Crippen molar-refractivity contribution < 1.29 is 27.0 Å². The number of aromatic amines is 1. The number of aromatic nitrogens is 2. The summed E-state index contributed by atoms with van der Waals surface area (Å²) in [6.45, 7) is 0.601. The van der Waals surface area contributed by atoms with Crippen LogP contribution in [0.1, 0.15) is 11.7 Å². The molecule has 1 atom stereocenters. The maximum Gasteiger partial charge on any atom is 0.264 e. The summed E-state index contributed by atoms with van der Waals surface area (Å²) in [5.74, 6) is -1.32. The van der Waals surface area contributed by atoms with Gasteiger partial charge in [0.1, 0.15) is 23.1 Å². The first-order chi connectivity index (χ1) is 16.8. The predicted octanol–water partition coefficient (Wildman–Crippen LogP) is 4.00. The number of rotatable bonds is 10. The van der Waals surface area contributed by atoms with Crippen LogP contribution in [0.15, 0.2) is 65.6 Å². The summed E-state index contributed by atoms with van der Waals surface area (Å²) in [7, 11) is -4.36. The number of ether oxygens (including phenoxy) is 1.